The van der Waals surface area contributed by atoms with Crippen molar-refractivity contribution in [3.63, 3.8) is 0 Å². The Morgan fingerprint density at radius 2 is 2.29 bits per heavy atom. The molecule has 1 unspecified atom stereocenters. The third kappa shape index (κ3) is 3.32. The van der Waals surface area contributed by atoms with Crippen LogP contribution in [0.2, 0.25) is 0 Å². The largest absolute Gasteiger partial charge is 0.445 e. The Balaban J connectivity index is 1.64. The van der Waals surface area contributed by atoms with Crippen molar-refractivity contribution in [3.8, 4) is 0 Å². The SMILES string of the molecule is Cc1cnc(CN2CCCC(c3noc(C(C)C)n3)C2)o1. The second kappa shape index (κ2) is 5.97. The Kier molecular flexibility index (Phi) is 4.05. The van der Waals surface area contributed by atoms with E-state index < -0.39 is 0 Å². The summed E-state index contributed by atoms with van der Waals surface area (Å²) in [6.07, 6.45) is 4.01. The van der Waals surface area contributed by atoms with Gasteiger partial charge in [-0.25, -0.2) is 4.98 Å². The van der Waals surface area contributed by atoms with E-state index in [9.17, 15) is 0 Å². The highest BCUT2D eigenvalue weighted by Gasteiger charge is 2.26. The molecule has 2 aromatic heterocycles. The zero-order valence-corrected chi connectivity index (χ0v) is 12.9. The molecule has 3 heterocycles. The van der Waals surface area contributed by atoms with Crippen molar-refractivity contribution in [2.45, 2.75) is 52.0 Å². The summed E-state index contributed by atoms with van der Waals surface area (Å²) in [5.41, 5.74) is 0. The zero-order valence-electron chi connectivity index (χ0n) is 12.9. The lowest BCUT2D eigenvalue weighted by atomic mass is 9.97. The molecule has 3 rings (SSSR count). The third-order valence-electron chi connectivity index (χ3n) is 3.85. The van der Waals surface area contributed by atoms with E-state index >= 15 is 0 Å². The summed E-state index contributed by atoms with van der Waals surface area (Å²) in [4.78, 5) is 11.2. The van der Waals surface area contributed by atoms with Crippen LogP contribution in [0.25, 0.3) is 0 Å². The Morgan fingerprint density at radius 3 is 2.95 bits per heavy atom. The number of nitrogens with zero attached hydrogens (tertiary/aromatic N) is 4. The second-order valence-electron chi connectivity index (χ2n) is 6.08. The first-order valence-electron chi connectivity index (χ1n) is 7.59. The van der Waals surface area contributed by atoms with Gasteiger partial charge in [0.25, 0.3) is 0 Å². The first kappa shape index (κ1) is 14.3. The highest BCUT2D eigenvalue weighted by atomic mass is 16.5. The predicted molar refractivity (Wildman–Crippen MR) is 76.9 cm³/mol. The third-order valence-corrected chi connectivity index (χ3v) is 3.85. The minimum Gasteiger partial charge on any atom is -0.445 e. The molecular weight excluding hydrogens is 268 g/mol. The highest BCUT2D eigenvalue weighted by molar-refractivity contribution is 5.01. The van der Waals surface area contributed by atoms with Gasteiger partial charge in [0.05, 0.1) is 12.7 Å². The van der Waals surface area contributed by atoms with Gasteiger partial charge in [0.15, 0.2) is 5.82 Å². The van der Waals surface area contributed by atoms with Crippen LogP contribution in [-0.4, -0.2) is 33.1 Å². The molecule has 2 aromatic rings. The first-order valence-corrected chi connectivity index (χ1v) is 7.59. The standard InChI is InChI=1S/C15H22N4O2/c1-10(2)15-17-14(18-21-15)12-5-4-6-19(8-12)9-13-16-7-11(3)20-13/h7,10,12H,4-6,8-9H2,1-3H3. The minimum absolute atomic E-state index is 0.279. The summed E-state index contributed by atoms with van der Waals surface area (Å²) >= 11 is 0. The summed E-state index contributed by atoms with van der Waals surface area (Å²) in [5, 5.41) is 4.15. The van der Waals surface area contributed by atoms with E-state index in [-0.39, 0.29) is 5.92 Å². The lowest BCUT2D eigenvalue weighted by Gasteiger charge is -2.30. The van der Waals surface area contributed by atoms with Crippen molar-refractivity contribution in [1.29, 1.82) is 0 Å². The van der Waals surface area contributed by atoms with Crippen LogP contribution in [0.5, 0.6) is 0 Å². The van der Waals surface area contributed by atoms with E-state index in [1.54, 1.807) is 6.20 Å². The van der Waals surface area contributed by atoms with Crippen molar-refractivity contribution in [3.05, 3.63) is 29.6 Å². The van der Waals surface area contributed by atoms with Gasteiger partial charge in [-0.2, -0.15) is 4.98 Å². The summed E-state index contributed by atoms with van der Waals surface area (Å²) in [5.74, 6) is 3.83. The Labute approximate surface area is 124 Å². The smallest absolute Gasteiger partial charge is 0.229 e. The van der Waals surface area contributed by atoms with E-state index in [0.717, 1.165) is 55.8 Å². The highest BCUT2D eigenvalue weighted by Crippen LogP contribution is 2.26. The van der Waals surface area contributed by atoms with Crippen LogP contribution < -0.4 is 0 Å². The van der Waals surface area contributed by atoms with Crippen LogP contribution in [0.4, 0.5) is 0 Å². The molecule has 0 aliphatic carbocycles. The molecule has 0 saturated carbocycles. The molecule has 21 heavy (non-hydrogen) atoms. The number of likely N-dealkylation sites (tertiary alicyclic amines) is 1. The number of hydrogen-bond donors (Lipinski definition) is 0. The summed E-state index contributed by atoms with van der Waals surface area (Å²) in [6, 6.07) is 0. The van der Waals surface area contributed by atoms with Crippen LogP contribution in [0.1, 0.15) is 61.9 Å². The molecular formula is C15H22N4O2. The zero-order chi connectivity index (χ0) is 14.8. The molecule has 0 amide bonds. The normalized spacial score (nSPS) is 20.3. The van der Waals surface area contributed by atoms with Crippen molar-refractivity contribution in [2.24, 2.45) is 0 Å². The number of rotatable bonds is 4. The van der Waals surface area contributed by atoms with Gasteiger partial charge < -0.3 is 8.94 Å². The predicted octanol–water partition coefficient (Wildman–Crippen LogP) is 2.87. The van der Waals surface area contributed by atoms with E-state index in [0.29, 0.717) is 5.92 Å². The molecule has 1 fully saturated rings. The van der Waals surface area contributed by atoms with Crippen LogP contribution in [-0.2, 0) is 6.54 Å². The number of oxazole rings is 1. The molecule has 0 radical (unpaired) electrons. The average molecular weight is 290 g/mol. The van der Waals surface area contributed by atoms with Crippen molar-refractivity contribution < 1.29 is 8.94 Å². The fourth-order valence-corrected chi connectivity index (χ4v) is 2.72. The molecule has 0 spiro atoms. The Morgan fingerprint density at radius 1 is 1.43 bits per heavy atom. The Hall–Kier alpha value is -1.69. The second-order valence-corrected chi connectivity index (χ2v) is 6.08. The molecule has 0 N–H and O–H groups in total. The summed E-state index contributed by atoms with van der Waals surface area (Å²) in [6.45, 7) is 8.79. The van der Waals surface area contributed by atoms with Crippen LogP contribution in [0.15, 0.2) is 15.1 Å². The summed E-state index contributed by atoms with van der Waals surface area (Å²) < 4.78 is 10.9. The van der Waals surface area contributed by atoms with Crippen LogP contribution in [0, 0.1) is 6.92 Å². The maximum absolute atomic E-state index is 5.56. The quantitative estimate of drug-likeness (QED) is 0.862. The first-order chi connectivity index (χ1) is 10.1. The number of aromatic nitrogens is 3. The van der Waals surface area contributed by atoms with Gasteiger partial charge in [-0.05, 0) is 26.3 Å². The number of hydrogen-bond acceptors (Lipinski definition) is 6. The topological polar surface area (TPSA) is 68.2 Å². The van der Waals surface area contributed by atoms with Gasteiger partial charge in [-0.3, -0.25) is 4.90 Å². The van der Waals surface area contributed by atoms with Crippen molar-refractivity contribution in [2.75, 3.05) is 13.1 Å². The van der Waals surface area contributed by atoms with Crippen LogP contribution in [0.3, 0.4) is 0 Å². The maximum atomic E-state index is 5.56. The molecule has 6 heteroatoms. The van der Waals surface area contributed by atoms with E-state index in [1.807, 2.05) is 6.92 Å². The van der Waals surface area contributed by atoms with Gasteiger partial charge in [-0.1, -0.05) is 19.0 Å². The average Bonchev–Trinajstić information content (AvgIpc) is 3.08. The molecule has 1 saturated heterocycles. The van der Waals surface area contributed by atoms with Gasteiger partial charge >= 0.3 is 0 Å². The monoisotopic (exact) mass is 290 g/mol. The number of aryl methyl sites for hydroxylation is 1. The molecule has 0 aromatic carbocycles. The minimum atomic E-state index is 0.279. The van der Waals surface area contributed by atoms with Crippen molar-refractivity contribution >= 4 is 0 Å². The number of piperidine rings is 1. The van der Waals surface area contributed by atoms with E-state index in [4.69, 9.17) is 8.94 Å². The van der Waals surface area contributed by atoms with Gasteiger partial charge in [0, 0.05) is 18.4 Å². The molecule has 114 valence electrons. The fourth-order valence-electron chi connectivity index (χ4n) is 2.72. The van der Waals surface area contributed by atoms with Gasteiger partial charge in [0.2, 0.25) is 11.8 Å². The lowest BCUT2D eigenvalue weighted by molar-refractivity contribution is 0.178. The van der Waals surface area contributed by atoms with E-state index in [2.05, 4.69) is 33.9 Å². The molecule has 6 nitrogen and oxygen atoms in total. The van der Waals surface area contributed by atoms with Gasteiger partial charge in [0.1, 0.15) is 5.76 Å². The molecule has 1 aliphatic heterocycles. The Bertz CT molecular complexity index is 590. The fraction of sp³-hybridized carbons (Fsp3) is 0.667. The van der Waals surface area contributed by atoms with Crippen molar-refractivity contribution in [1.82, 2.24) is 20.0 Å². The summed E-state index contributed by atoms with van der Waals surface area (Å²) in [7, 11) is 0. The van der Waals surface area contributed by atoms with E-state index in [1.165, 1.54) is 0 Å². The van der Waals surface area contributed by atoms with Gasteiger partial charge in [-0.15, -0.1) is 0 Å². The molecule has 0 bridgehead atoms. The maximum Gasteiger partial charge on any atom is 0.229 e. The lowest BCUT2D eigenvalue weighted by Crippen LogP contribution is -2.34. The molecule has 1 aliphatic rings. The van der Waals surface area contributed by atoms with Crippen LogP contribution >= 0.6 is 0 Å². The molecule has 1 atom stereocenters.